The monoisotopic (exact) mass is 377 g/mol. The Balaban J connectivity index is 1.61. The first-order valence-electron chi connectivity index (χ1n) is 7.69. The van der Waals surface area contributed by atoms with Gasteiger partial charge >= 0.3 is 5.63 Å². The first-order chi connectivity index (χ1) is 12.0. The molecule has 0 unspecified atom stereocenters. The lowest BCUT2D eigenvalue weighted by molar-refractivity contribution is -0.123. The highest BCUT2D eigenvalue weighted by Crippen LogP contribution is 2.30. The highest BCUT2D eigenvalue weighted by atomic mass is 35.5. The SMILES string of the molecule is Cc1cc(=O)oc2cc(OCC(=O)NCCc3cccs3)c(Cl)cc12. The maximum Gasteiger partial charge on any atom is 0.336 e. The summed E-state index contributed by atoms with van der Waals surface area (Å²) in [4.78, 5) is 24.6. The summed E-state index contributed by atoms with van der Waals surface area (Å²) in [6, 6.07) is 8.61. The largest absolute Gasteiger partial charge is 0.482 e. The number of benzene rings is 1. The molecule has 7 heteroatoms. The Morgan fingerprint density at radius 1 is 1.36 bits per heavy atom. The number of rotatable bonds is 6. The average molecular weight is 378 g/mol. The van der Waals surface area contributed by atoms with Crippen LogP contribution in [0.4, 0.5) is 0 Å². The van der Waals surface area contributed by atoms with E-state index in [1.165, 1.54) is 17.0 Å². The van der Waals surface area contributed by atoms with Crippen LogP contribution in [-0.2, 0) is 11.2 Å². The molecule has 0 aliphatic carbocycles. The van der Waals surface area contributed by atoms with E-state index >= 15 is 0 Å². The fraction of sp³-hybridized carbons (Fsp3) is 0.222. The number of ether oxygens (including phenoxy) is 1. The molecule has 2 heterocycles. The molecule has 5 nitrogen and oxygen atoms in total. The van der Waals surface area contributed by atoms with Crippen molar-refractivity contribution in [3.63, 3.8) is 0 Å². The van der Waals surface area contributed by atoms with Crippen LogP contribution in [0.2, 0.25) is 5.02 Å². The minimum Gasteiger partial charge on any atom is -0.482 e. The highest BCUT2D eigenvalue weighted by molar-refractivity contribution is 7.09. The Bertz CT molecular complexity index is 950. The molecule has 3 rings (SSSR count). The topological polar surface area (TPSA) is 68.5 Å². The number of carbonyl (C=O) groups is 1. The van der Waals surface area contributed by atoms with E-state index in [2.05, 4.69) is 5.32 Å². The fourth-order valence-corrected chi connectivity index (χ4v) is 3.33. The van der Waals surface area contributed by atoms with Crippen molar-refractivity contribution in [2.75, 3.05) is 13.2 Å². The molecule has 3 aromatic rings. The van der Waals surface area contributed by atoms with Crippen LogP contribution in [0.1, 0.15) is 10.4 Å². The van der Waals surface area contributed by atoms with E-state index in [1.54, 1.807) is 24.3 Å². The van der Waals surface area contributed by atoms with Crippen molar-refractivity contribution in [3.05, 3.63) is 61.6 Å². The molecule has 0 atom stereocenters. The van der Waals surface area contributed by atoms with Gasteiger partial charge in [0.15, 0.2) is 6.61 Å². The summed E-state index contributed by atoms with van der Waals surface area (Å²) < 4.78 is 10.6. The number of aryl methyl sites for hydroxylation is 1. The molecule has 0 fully saturated rings. The number of carbonyl (C=O) groups excluding carboxylic acids is 1. The zero-order chi connectivity index (χ0) is 17.8. The first kappa shape index (κ1) is 17.5. The summed E-state index contributed by atoms with van der Waals surface area (Å²) in [6.45, 7) is 2.19. The van der Waals surface area contributed by atoms with Gasteiger partial charge in [-0.25, -0.2) is 4.79 Å². The Morgan fingerprint density at radius 3 is 2.96 bits per heavy atom. The third kappa shape index (κ3) is 4.41. The molecule has 0 radical (unpaired) electrons. The maximum atomic E-state index is 11.9. The maximum absolute atomic E-state index is 11.9. The third-order valence-corrected chi connectivity index (χ3v) is 4.87. The zero-order valence-electron chi connectivity index (χ0n) is 13.5. The van der Waals surface area contributed by atoms with Gasteiger partial charge in [-0.1, -0.05) is 17.7 Å². The van der Waals surface area contributed by atoms with Crippen LogP contribution in [0.15, 0.2) is 44.9 Å². The molecule has 1 aromatic carbocycles. The average Bonchev–Trinajstić information content (AvgIpc) is 3.07. The molecule has 0 aliphatic rings. The minimum atomic E-state index is -0.440. The van der Waals surface area contributed by atoms with E-state index in [1.807, 2.05) is 17.5 Å². The standard InChI is InChI=1S/C18H16ClNO4S/c1-11-7-18(22)24-15-9-16(14(19)8-13(11)15)23-10-17(21)20-5-4-12-3-2-6-25-12/h2-3,6-9H,4-5,10H2,1H3,(H,20,21). The van der Waals surface area contributed by atoms with Gasteiger partial charge in [-0.2, -0.15) is 0 Å². The van der Waals surface area contributed by atoms with Crippen molar-refractivity contribution >= 4 is 39.8 Å². The molecule has 2 aromatic heterocycles. The lowest BCUT2D eigenvalue weighted by Gasteiger charge is -2.10. The Hall–Kier alpha value is -2.31. The number of amides is 1. The van der Waals surface area contributed by atoms with Gasteiger partial charge in [0.25, 0.3) is 5.91 Å². The van der Waals surface area contributed by atoms with Gasteiger partial charge < -0.3 is 14.5 Å². The molecular formula is C18H16ClNO4S. The molecule has 0 saturated carbocycles. The normalized spacial score (nSPS) is 10.8. The summed E-state index contributed by atoms with van der Waals surface area (Å²) in [5.41, 5.74) is 0.707. The van der Waals surface area contributed by atoms with Crippen molar-refractivity contribution in [3.8, 4) is 5.75 Å². The van der Waals surface area contributed by atoms with Crippen molar-refractivity contribution in [2.24, 2.45) is 0 Å². The highest BCUT2D eigenvalue weighted by Gasteiger charge is 2.11. The van der Waals surface area contributed by atoms with Gasteiger partial charge in [-0.3, -0.25) is 4.79 Å². The molecule has 0 bridgehead atoms. The van der Waals surface area contributed by atoms with Gasteiger partial charge in [0.2, 0.25) is 0 Å². The van der Waals surface area contributed by atoms with Gasteiger partial charge in [-0.15, -0.1) is 11.3 Å². The molecule has 25 heavy (non-hydrogen) atoms. The van der Waals surface area contributed by atoms with Gasteiger partial charge in [-0.05, 0) is 36.4 Å². The van der Waals surface area contributed by atoms with E-state index in [0.29, 0.717) is 22.9 Å². The summed E-state index contributed by atoms with van der Waals surface area (Å²) >= 11 is 7.85. The molecular weight excluding hydrogens is 362 g/mol. The predicted molar refractivity (Wildman–Crippen MR) is 98.8 cm³/mol. The number of halogens is 1. The molecule has 130 valence electrons. The van der Waals surface area contributed by atoms with E-state index < -0.39 is 5.63 Å². The second-order valence-corrected chi connectivity index (χ2v) is 6.93. The van der Waals surface area contributed by atoms with E-state index in [4.69, 9.17) is 20.8 Å². The van der Waals surface area contributed by atoms with Crippen molar-refractivity contribution < 1.29 is 13.9 Å². The number of fused-ring (bicyclic) bond motifs is 1. The number of nitrogens with one attached hydrogen (secondary N) is 1. The minimum absolute atomic E-state index is 0.161. The quantitative estimate of drug-likeness (QED) is 0.667. The van der Waals surface area contributed by atoms with Gasteiger partial charge in [0.05, 0.1) is 5.02 Å². The van der Waals surface area contributed by atoms with Crippen LogP contribution >= 0.6 is 22.9 Å². The fourth-order valence-electron chi connectivity index (χ4n) is 2.40. The molecule has 0 aliphatic heterocycles. The van der Waals surface area contributed by atoms with E-state index in [-0.39, 0.29) is 12.5 Å². The molecule has 1 amide bonds. The predicted octanol–water partition coefficient (Wildman–Crippen LogP) is 3.55. The number of hydrogen-bond donors (Lipinski definition) is 1. The first-order valence-corrected chi connectivity index (χ1v) is 8.94. The summed E-state index contributed by atoms with van der Waals surface area (Å²) in [7, 11) is 0. The van der Waals surface area contributed by atoms with Crippen LogP contribution < -0.4 is 15.7 Å². The lowest BCUT2D eigenvalue weighted by atomic mass is 10.1. The van der Waals surface area contributed by atoms with E-state index in [0.717, 1.165) is 17.4 Å². The lowest BCUT2D eigenvalue weighted by Crippen LogP contribution is -2.30. The van der Waals surface area contributed by atoms with Crippen LogP contribution in [0.5, 0.6) is 5.75 Å². The molecule has 0 spiro atoms. The van der Waals surface area contributed by atoms with Crippen LogP contribution in [0, 0.1) is 6.92 Å². The second kappa shape index (κ2) is 7.72. The van der Waals surface area contributed by atoms with E-state index in [9.17, 15) is 9.59 Å². The van der Waals surface area contributed by atoms with Gasteiger partial charge in [0, 0.05) is 28.9 Å². The molecule has 1 N–H and O–H groups in total. The summed E-state index contributed by atoms with van der Waals surface area (Å²) in [5, 5.41) is 5.89. The van der Waals surface area contributed by atoms with Gasteiger partial charge in [0.1, 0.15) is 11.3 Å². The molecule has 0 saturated heterocycles. The number of hydrogen-bond acceptors (Lipinski definition) is 5. The Labute approximate surface area is 153 Å². The smallest absolute Gasteiger partial charge is 0.336 e. The van der Waals surface area contributed by atoms with Crippen molar-refractivity contribution in [1.82, 2.24) is 5.32 Å². The zero-order valence-corrected chi connectivity index (χ0v) is 15.1. The second-order valence-electron chi connectivity index (χ2n) is 5.50. The van der Waals surface area contributed by atoms with Crippen LogP contribution in [-0.4, -0.2) is 19.1 Å². The van der Waals surface area contributed by atoms with Crippen LogP contribution in [0.3, 0.4) is 0 Å². The van der Waals surface area contributed by atoms with Crippen molar-refractivity contribution in [1.29, 1.82) is 0 Å². The van der Waals surface area contributed by atoms with Crippen LogP contribution in [0.25, 0.3) is 11.0 Å². The van der Waals surface area contributed by atoms with Crippen molar-refractivity contribution in [2.45, 2.75) is 13.3 Å². The number of thiophene rings is 1. The third-order valence-electron chi connectivity index (χ3n) is 3.64. The Morgan fingerprint density at radius 2 is 2.20 bits per heavy atom. The summed E-state index contributed by atoms with van der Waals surface area (Å²) in [6.07, 6.45) is 0.782. The summed E-state index contributed by atoms with van der Waals surface area (Å²) in [5.74, 6) is 0.0646. The Kier molecular flexibility index (Phi) is 5.40.